The van der Waals surface area contributed by atoms with E-state index in [-0.39, 0.29) is 6.61 Å². The van der Waals surface area contributed by atoms with E-state index in [2.05, 4.69) is 5.16 Å². The van der Waals surface area contributed by atoms with E-state index in [4.69, 9.17) is 19.4 Å². The van der Waals surface area contributed by atoms with E-state index in [1.165, 1.54) is 7.11 Å². The molecule has 2 unspecified atom stereocenters. The Morgan fingerprint density at radius 3 is 3.06 bits per heavy atom. The molecule has 0 saturated carbocycles. The molecule has 1 aliphatic rings. The highest BCUT2D eigenvalue weighted by atomic mass is 16.7. The van der Waals surface area contributed by atoms with Gasteiger partial charge in [-0.1, -0.05) is 18.5 Å². The first-order valence-corrected chi connectivity index (χ1v) is 5.75. The third-order valence-corrected chi connectivity index (χ3v) is 2.52. The maximum atomic E-state index is 11.5. The minimum absolute atomic E-state index is 0.184. The highest BCUT2D eigenvalue weighted by Crippen LogP contribution is 2.15. The van der Waals surface area contributed by atoms with E-state index >= 15 is 0 Å². The van der Waals surface area contributed by atoms with Gasteiger partial charge in [-0.2, -0.15) is 0 Å². The van der Waals surface area contributed by atoms with Crippen LogP contribution in [0.25, 0.3) is 0 Å². The van der Waals surface area contributed by atoms with E-state index in [0.29, 0.717) is 18.7 Å². The third kappa shape index (κ3) is 3.98. The fourth-order valence-electron chi connectivity index (χ4n) is 1.44. The summed E-state index contributed by atoms with van der Waals surface area (Å²) in [5, 5.41) is 12.7. The predicted octanol–water partition coefficient (Wildman–Crippen LogP) is 0.482. The van der Waals surface area contributed by atoms with Gasteiger partial charge in [0, 0.05) is 13.5 Å². The summed E-state index contributed by atoms with van der Waals surface area (Å²) in [7, 11) is 1.47. The summed E-state index contributed by atoms with van der Waals surface area (Å²) >= 11 is 0. The number of carbonyl (C=O) groups is 1. The summed E-state index contributed by atoms with van der Waals surface area (Å²) in [5.41, 5.74) is 0.535. The van der Waals surface area contributed by atoms with Crippen LogP contribution >= 0.6 is 0 Å². The van der Waals surface area contributed by atoms with Gasteiger partial charge >= 0.3 is 5.97 Å². The predicted molar refractivity (Wildman–Crippen MR) is 60.7 cm³/mol. The lowest BCUT2D eigenvalue weighted by Crippen LogP contribution is -2.29. The number of unbranched alkanes of at least 4 members (excludes halogenated alkanes) is 1. The topological polar surface area (TPSA) is 77.4 Å². The SMILES string of the molecule is CCCCOC(=O)C1CC(C(CO)OC)=NO1. The zero-order valence-electron chi connectivity index (χ0n) is 10.2. The Kier molecular flexibility index (Phi) is 5.93. The summed E-state index contributed by atoms with van der Waals surface area (Å²) in [6, 6.07) is 0. The highest BCUT2D eigenvalue weighted by Gasteiger charge is 2.33. The smallest absolute Gasteiger partial charge is 0.350 e. The first-order chi connectivity index (χ1) is 8.22. The Labute approximate surface area is 101 Å². The summed E-state index contributed by atoms with van der Waals surface area (Å²) in [5.74, 6) is -0.412. The van der Waals surface area contributed by atoms with Gasteiger partial charge in [0.2, 0.25) is 6.10 Å². The molecule has 17 heavy (non-hydrogen) atoms. The fourth-order valence-corrected chi connectivity index (χ4v) is 1.44. The van der Waals surface area contributed by atoms with Gasteiger partial charge in [-0.3, -0.25) is 0 Å². The van der Waals surface area contributed by atoms with Crippen LogP contribution in [0, 0.1) is 0 Å². The largest absolute Gasteiger partial charge is 0.463 e. The molecule has 0 aromatic rings. The van der Waals surface area contributed by atoms with Gasteiger partial charge in [-0.15, -0.1) is 0 Å². The van der Waals surface area contributed by atoms with Gasteiger partial charge in [0.1, 0.15) is 6.10 Å². The van der Waals surface area contributed by atoms with Gasteiger partial charge in [0.25, 0.3) is 0 Å². The molecule has 1 N–H and O–H groups in total. The number of ether oxygens (including phenoxy) is 2. The first kappa shape index (κ1) is 13.9. The zero-order valence-corrected chi connectivity index (χ0v) is 10.2. The molecule has 1 rings (SSSR count). The summed E-state index contributed by atoms with van der Waals surface area (Å²) in [6.07, 6.45) is 0.902. The van der Waals surface area contributed by atoms with Crippen molar-refractivity contribution in [3.63, 3.8) is 0 Å². The lowest BCUT2D eigenvalue weighted by Gasteiger charge is -2.11. The minimum Gasteiger partial charge on any atom is -0.463 e. The Hall–Kier alpha value is -1.14. The molecule has 6 heteroatoms. The molecule has 0 aliphatic carbocycles. The molecule has 0 amide bonds. The third-order valence-electron chi connectivity index (χ3n) is 2.52. The van der Waals surface area contributed by atoms with Crippen LogP contribution in [0.3, 0.4) is 0 Å². The Balaban J connectivity index is 2.34. The molecule has 0 fully saturated rings. The molecule has 2 atom stereocenters. The maximum absolute atomic E-state index is 11.5. The first-order valence-electron chi connectivity index (χ1n) is 5.75. The molecule has 98 valence electrons. The average molecular weight is 245 g/mol. The van der Waals surface area contributed by atoms with Crippen LogP contribution in [0.5, 0.6) is 0 Å². The van der Waals surface area contributed by atoms with Crippen LogP contribution in [0.15, 0.2) is 5.16 Å². The monoisotopic (exact) mass is 245 g/mol. The lowest BCUT2D eigenvalue weighted by atomic mass is 10.1. The van der Waals surface area contributed by atoms with Crippen molar-refractivity contribution in [2.75, 3.05) is 20.3 Å². The molecule has 0 bridgehead atoms. The second kappa shape index (κ2) is 7.24. The average Bonchev–Trinajstić information content (AvgIpc) is 2.80. The van der Waals surface area contributed by atoms with Crippen molar-refractivity contribution in [3.8, 4) is 0 Å². The highest BCUT2D eigenvalue weighted by molar-refractivity contribution is 5.94. The molecule has 0 aromatic carbocycles. The van der Waals surface area contributed by atoms with Gasteiger partial charge in [-0.05, 0) is 6.42 Å². The van der Waals surface area contributed by atoms with Crippen LogP contribution in [-0.4, -0.2) is 49.3 Å². The number of aliphatic hydroxyl groups is 1. The summed E-state index contributed by atoms with van der Waals surface area (Å²) in [4.78, 5) is 16.5. The number of hydrogen-bond donors (Lipinski definition) is 1. The normalized spacial score (nSPS) is 20.6. The van der Waals surface area contributed by atoms with E-state index in [0.717, 1.165) is 12.8 Å². The number of nitrogens with zero attached hydrogens (tertiary/aromatic N) is 1. The molecular formula is C11H19NO5. The van der Waals surface area contributed by atoms with E-state index in [1.807, 2.05) is 6.92 Å². The van der Waals surface area contributed by atoms with E-state index in [1.54, 1.807) is 0 Å². The quantitative estimate of drug-likeness (QED) is 0.521. The van der Waals surface area contributed by atoms with E-state index in [9.17, 15) is 4.79 Å². The minimum atomic E-state index is -0.703. The van der Waals surface area contributed by atoms with Crippen LogP contribution in [0.2, 0.25) is 0 Å². The standard InChI is InChI=1S/C11H19NO5/c1-3-4-5-16-11(14)9-6-8(12-17-9)10(7-13)15-2/h9-10,13H,3-7H2,1-2H3. The maximum Gasteiger partial charge on any atom is 0.350 e. The molecule has 0 saturated heterocycles. The van der Waals surface area contributed by atoms with Crippen molar-refractivity contribution in [1.29, 1.82) is 0 Å². The zero-order chi connectivity index (χ0) is 12.7. The molecule has 0 radical (unpaired) electrons. The van der Waals surface area contributed by atoms with Crippen molar-refractivity contribution < 1.29 is 24.2 Å². The number of carbonyl (C=O) groups excluding carboxylic acids is 1. The van der Waals surface area contributed by atoms with Crippen molar-refractivity contribution in [2.24, 2.45) is 5.16 Å². The number of methoxy groups -OCH3 is 1. The van der Waals surface area contributed by atoms with Crippen molar-refractivity contribution in [1.82, 2.24) is 0 Å². The summed E-state index contributed by atoms with van der Waals surface area (Å²) in [6.45, 7) is 2.24. The molecule has 1 heterocycles. The fraction of sp³-hybridized carbons (Fsp3) is 0.818. The van der Waals surface area contributed by atoms with E-state index < -0.39 is 18.2 Å². The van der Waals surface area contributed by atoms with Crippen LogP contribution in [0.1, 0.15) is 26.2 Å². The van der Waals surface area contributed by atoms with Gasteiger partial charge in [0.15, 0.2) is 0 Å². The number of aliphatic hydroxyl groups excluding tert-OH is 1. The second-order valence-electron chi connectivity index (χ2n) is 3.81. The van der Waals surface area contributed by atoms with Crippen molar-refractivity contribution in [2.45, 2.75) is 38.4 Å². The number of oxime groups is 1. The van der Waals surface area contributed by atoms with Gasteiger partial charge < -0.3 is 19.4 Å². The number of rotatable bonds is 7. The molecule has 6 nitrogen and oxygen atoms in total. The van der Waals surface area contributed by atoms with Crippen LogP contribution in [-0.2, 0) is 19.1 Å². The molecule has 0 spiro atoms. The van der Waals surface area contributed by atoms with Crippen molar-refractivity contribution in [3.05, 3.63) is 0 Å². The number of hydrogen-bond acceptors (Lipinski definition) is 6. The second-order valence-corrected chi connectivity index (χ2v) is 3.81. The van der Waals surface area contributed by atoms with Crippen LogP contribution in [0.4, 0.5) is 0 Å². The Morgan fingerprint density at radius 2 is 2.47 bits per heavy atom. The Bertz CT molecular complexity index is 275. The molecule has 1 aliphatic heterocycles. The van der Waals surface area contributed by atoms with Crippen molar-refractivity contribution >= 4 is 11.7 Å². The van der Waals surface area contributed by atoms with Crippen LogP contribution < -0.4 is 0 Å². The van der Waals surface area contributed by atoms with Gasteiger partial charge in [-0.25, -0.2) is 4.79 Å². The summed E-state index contributed by atoms with van der Waals surface area (Å²) < 4.78 is 10.0. The lowest BCUT2D eigenvalue weighted by molar-refractivity contribution is -0.155. The molecular weight excluding hydrogens is 226 g/mol. The molecule has 0 aromatic heterocycles. The number of esters is 1. The Morgan fingerprint density at radius 1 is 1.71 bits per heavy atom. The van der Waals surface area contributed by atoms with Gasteiger partial charge in [0.05, 0.1) is 18.9 Å².